The fraction of sp³-hybridized carbons (Fsp3) is 0.357. The molecule has 0 saturated carbocycles. The molecule has 0 saturated heterocycles. The van der Waals surface area contributed by atoms with Gasteiger partial charge in [-0.3, -0.25) is 0 Å². The first-order chi connectivity index (χ1) is 15.1. The Labute approximate surface area is 212 Å². The Morgan fingerprint density at radius 2 is 1.30 bits per heavy atom. The summed E-state index contributed by atoms with van der Waals surface area (Å²) in [7, 11) is -1.07. The van der Waals surface area contributed by atoms with Crippen LogP contribution < -0.4 is 16.3 Å². The van der Waals surface area contributed by atoms with Crippen LogP contribution in [0.4, 0.5) is 0 Å². The van der Waals surface area contributed by atoms with E-state index in [9.17, 15) is 0 Å². The minimum absolute atomic E-state index is 0. The van der Waals surface area contributed by atoms with Gasteiger partial charge >= 0.3 is 17.1 Å². The predicted molar refractivity (Wildman–Crippen MR) is 142 cm³/mol. The van der Waals surface area contributed by atoms with Crippen molar-refractivity contribution in [1.29, 1.82) is 0 Å². The summed E-state index contributed by atoms with van der Waals surface area (Å²) in [6, 6.07) is 24.9. The summed E-state index contributed by atoms with van der Waals surface area (Å²) in [5, 5.41) is 1.92. The van der Waals surface area contributed by atoms with E-state index in [2.05, 4.69) is 78.8 Å². The van der Waals surface area contributed by atoms with Crippen LogP contribution in [0.3, 0.4) is 0 Å². The molecule has 0 N–H and O–H groups in total. The van der Waals surface area contributed by atoms with Crippen LogP contribution in [0.1, 0.15) is 59.7 Å². The Morgan fingerprint density at radius 1 is 0.788 bits per heavy atom. The minimum Gasteiger partial charge on any atom is -0.464 e. The predicted octanol–water partition coefficient (Wildman–Crippen LogP) is 7.89. The van der Waals surface area contributed by atoms with Crippen molar-refractivity contribution in [1.82, 2.24) is 0 Å². The molecular weight excluding hydrogens is 486 g/mol. The molecule has 0 amide bonds. The molecule has 178 valence electrons. The molecule has 2 aromatic heterocycles. The first-order valence-corrected chi connectivity index (χ1v) is 13.9. The molecule has 0 fully saturated rings. The van der Waals surface area contributed by atoms with Crippen LogP contribution in [0.5, 0.6) is 0 Å². The van der Waals surface area contributed by atoms with Gasteiger partial charge in [0.15, 0.2) is 0 Å². The first-order valence-electron chi connectivity index (χ1n) is 11.2. The van der Waals surface area contributed by atoms with E-state index in [0.717, 1.165) is 11.0 Å². The van der Waals surface area contributed by atoms with Gasteiger partial charge in [0, 0.05) is 7.92 Å². The van der Waals surface area contributed by atoms with Crippen molar-refractivity contribution in [2.45, 2.75) is 64.4 Å². The Hall–Kier alpha value is -1.36. The quantitative estimate of drug-likeness (QED) is 0.151. The summed E-state index contributed by atoms with van der Waals surface area (Å²) in [4.78, 5) is 0. The maximum Gasteiger partial charge on any atom is 2.00 e. The summed E-state index contributed by atoms with van der Waals surface area (Å²) in [6.07, 6.45) is 3.52. The monoisotopic (exact) mass is 522 g/mol. The van der Waals surface area contributed by atoms with E-state index in [1.165, 1.54) is 10.9 Å². The summed E-state index contributed by atoms with van der Waals surface area (Å²) in [5.74, 6) is 0. The molecule has 0 aliphatic carbocycles. The van der Waals surface area contributed by atoms with Gasteiger partial charge in [-0.1, -0.05) is 48.5 Å². The zero-order valence-corrected chi connectivity index (χ0v) is 23.6. The third kappa shape index (κ3) is 7.07. The van der Waals surface area contributed by atoms with Crippen LogP contribution in [0.2, 0.25) is 0 Å². The van der Waals surface area contributed by atoms with E-state index < -0.39 is 7.92 Å². The average molecular weight is 522 g/mol. The Balaban J connectivity index is 0.000000568. The molecule has 4 rings (SSSR count). The standard InChI is InChI=1S/C23H31O2P2.C5H5.Fe/c1-17(27(22(2,3)4)23(5,6)7)18-11-8-12-19(18)26(20-13-9-15-24-20)21-14-10-16-25-21;1-2-4-5-3-1;/h8-17H,1-7H3;1-5H;/q2*-1;+2/t17-;;/m1../s1. The molecule has 0 unspecified atom stereocenters. The normalized spacial score (nSPS) is 12.9. The van der Waals surface area contributed by atoms with Crippen molar-refractivity contribution in [2.24, 2.45) is 0 Å². The van der Waals surface area contributed by atoms with Crippen LogP contribution >= 0.6 is 15.8 Å². The maximum atomic E-state index is 5.85. The number of hydrogen-bond acceptors (Lipinski definition) is 2. The molecule has 0 aliphatic heterocycles. The van der Waals surface area contributed by atoms with E-state index in [1.54, 1.807) is 12.5 Å². The molecule has 1 atom stereocenters. The number of furan rings is 2. The van der Waals surface area contributed by atoms with Gasteiger partial charge in [-0.2, -0.15) is 24.3 Å². The SMILES string of the molecule is C[C@H]([c-]1cccc1P(c1ccco1)c1ccco1)P(C(C)(C)C)C(C)(C)C.[Fe+2].c1cc[cH-]c1. The molecule has 0 bridgehead atoms. The zero-order chi connectivity index (χ0) is 23.4. The van der Waals surface area contributed by atoms with Gasteiger partial charge in [-0.15, -0.1) is 18.8 Å². The van der Waals surface area contributed by atoms with E-state index in [0.29, 0.717) is 5.66 Å². The molecule has 0 aliphatic rings. The molecule has 33 heavy (non-hydrogen) atoms. The molecule has 0 spiro atoms. The molecule has 0 radical (unpaired) electrons. The van der Waals surface area contributed by atoms with Crippen LogP contribution in [-0.2, 0) is 17.1 Å². The maximum absolute atomic E-state index is 5.85. The fourth-order valence-electron chi connectivity index (χ4n) is 4.75. The van der Waals surface area contributed by atoms with Crippen LogP contribution in [0.15, 0.2) is 94.2 Å². The average Bonchev–Trinajstić information content (AvgIpc) is 3.48. The summed E-state index contributed by atoms with van der Waals surface area (Å²) in [6.45, 7) is 16.8. The molecular formula is C28H36FeO2P2. The zero-order valence-electron chi connectivity index (χ0n) is 20.7. The van der Waals surface area contributed by atoms with Crippen LogP contribution in [-0.4, -0.2) is 10.3 Å². The van der Waals surface area contributed by atoms with Gasteiger partial charge in [0.25, 0.3) is 0 Å². The van der Waals surface area contributed by atoms with Gasteiger partial charge in [-0.05, 0) is 40.2 Å². The number of hydrogen-bond donors (Lipinski definition) is 0. The molecule has 4 aromatic rings. The second-order valence-electron chi connectivity index (χ2n) is 9.95. The van der Waals surface area contributed by atoms with Gasteiger partial charge in [-0.25, -0.2) is 24.3 Å². The van der Waals surface area contributed by atoms with Crippen molar-refractivity contribution >= 4 is 32.2 Å². The van der Waals surface area contributed by atoms with Crippen molar-refractivity contribution in [2.75, 3.05) is 0 Å². The summed E-state index contributed by atoms with van der Waals surface area (Å²) in [5.41, 5.74) is 3.94. The Kier molecular flexibility index (Phi) is 10.0. The fourth-order valence-corrected chi connectivity index (χ4v) is 11.9. The van der Waals surface area contributed by atoms with Crippen molar-refractivity contribution < 1.29 is 25.9 Å². The Bertz CT molecular complexity index is 952. The van der Waals surface area contributed by atoms with Crippen LogP contribution in [0, 0.1) is 0 Å². The van der Waals surface area contributed by atoms with Crippen LogP contribution in [0.25, 0.3) is 0 Å². The second-order valence-corrected chi connectivity index (χ2v) is 16.2. The smallest absolute Gasteiger partial charge is 0.464 e. The van der Waals surface area contributed by atoms with Gasteiger partial charge < -0.3 is 8.83 Å². The van der Waals surface area contributed by atoms with Crippen molar-refractivity contribution in [3.63, 3.8) is 0 Å². The van der Waals surface area contributed by atoms with Crippen molar-refractivity contribution in [3.05, 3.63) is 90.9 Å². The van der Waals surface area contributed by atoms with Crippen molar-refractivity contribution in [3.8, 4) is 0 Å². The third-order valence-electron chi connectivity index (χ3n) is 5.36. The molecule has 5 heteroatoms. The minimum atomic E-state index is -0.808. The molecule has 2 nitrogen and oxygen atoms in total. The first kappa shape index (κ1) is 27.9. The largest absolute Gasteiger partial charge is 2.00 e. The summed E-state index contributed by atoms with van der Waals surface area (Å²) < 4.78 is 11.7. The summed E-state index contributed by atoms with van der Waals surface area (Å²) >= 11 is 0. The Morgan fingerprint density at radius 3 is 1.67 bits per heavy atom. The molecule has 2 aromatic carbocycles. The van der Waals surface area contributed by atoms with E-state index >= 15 is 0 Å². The van der Waals surface area contributed by atoms with Gasteiger partial charge in [0.05, 0.1) is 12.5 Å². The van der Waals surface area contributed by atoms with Gasteiger partial charge in [0.1, 0.15) is 11.0 Å². The number of rotatable bonds is 5. The van der Waals surface area contributed by atoms with E-state index in [-0.39, 0.29) is 35.3 Å². The van der Waals surface area contributed by atoms with Gasteiger partial charge in [0.2, 0.25) is 0 Å². The van der Waals surface area contributed by atoms with E-state index in [4.69, 9.17) is 8.83 Å². The molecule has 2 heterocycles. The third-order valence-corrected chi connectivity index (χ3v) is 11.6. The van der Waals surface area contributed by atoms with E-state index in [1.807, 2.05) is 42.5 Å². The second kappa shape index (κ2) is 11.9. The topological polar surface area (TPSA) is 26.3 Å².